The van der Waals surface area contributed by atoms with Crippen molar-refractivity contribution in [2.75, 3.05) is 26.2 Å². The van der Waals surface area contributed by atoms with E-state index in [1.165, 1.54) is 19.3 Å². The third kappa shape index (κ3) is 2.29. The van der Waals surface area contributed by atoms with Crippen LogP contribution in [-0.2, 0) is 11.2 Å². The van der Waals surface area contributed by atoms with Gasteiger partial charge in [0.05, 0.1) is 6.42 Å². The molecule has 3 rings (SSSR count). The van der Waals surface area contributed by atoms with E-state index in [1.54, 1.807) is 0 Å². The van der Waals surface area contributed by atoms with Gasteiger partial charge in [0.15, 0.2) is 0 Å². The van der Waals surface area contributed by atoms with Crippen molar-refractivity contribution in [1.29, 1.82) is 0 Å². The van der Waals surface area contributed by atoms with E-state index in [-0.39, 0.29) is 5.91 Å². The second-order valence-corrected chi connectivity index (χ2v) is 5.71. The number of rotatable bonds is 2. The minimum absolute atomic E-state index is 0.282. The second kappa shape index (κ2) is 4.76. The number of nitrogens with zero attached hydrogens (tertiary/aromatic N) is 1. The number of nitrogens with one attached hydrogen (secondary N) is 2. The first kappa shape index (κ1) is 11.8. The van der Waals surface area contributed by atoms with Gasteiger partial charge in [0.25, 0.3) is 0 Å². The van der Waals surface area contributed by atoms with Crippen molar-refractivity contribution in [2.45, 2.75) is 25.7 Å². The first-order valence-electron chi connectivity index (χ1n) is 6.88. The average Bonchev–Trinajstić information content (AvgIpc) is 3.01. The van der Waals surface area contributed by atoms with E-state index in [1.807, 2.05) is 18.5 Å². The molecule has 18 heavy (non-hydrogen) atoms. The Labute approximate surface area is 108 Å². The minimum Gasteiger partial charge on any atom is -0.367 e. The Morgan fingerprint density at radius 1 is 1.33 bits per heavy atom. The van der Waals surface area contributed by atoms with Crippen molar-refractivity contribution in [3.05, 3.63) is 24.0 Å². The van der Waals surface area contributed by atoms with Crippen molar-refractivity contribution < 1.29 is 4.79 Å². The number of carbonyl (C=O) groups excluding carboxylic acids is 1. The summed E-state index contributed by atoms with van der Waals surface area (Å²) in [5, 5.41) is 3.41. The van der Waals surface area contributed by atoms with E-state index in [0.717, 1.165) is 31.7 Å². The third-order valence-corrected chi connectivity index (χ3v) is 4.47. The van der Waals surface area contributed by atoms with Crippen LogP contribution >= 0.6 is 0 Å². The maximum absolute atomic E-state index is 12.2. The lowest BCUT2D eigenvalue weighted by Gasteiger charge is -2.33. The Bertz CT molecular complexity index is 407. The zero-order chi connectivity index (χ0) is 12.4. The highest BCUT2D eigenvalue weighted by Gasteiger charge is 2.40. The van der Waals surface area contributed by atoms with Crippen LogP contribution in [-0.4, -0.2) is 42.0 Å². The summed E-state index contributed by atoms with van der Waals surface area (Å²) in [6.45, 7) is 4.14. The summed E-state index contributed by atoms with van der Waals surface area (Å²) >= 11 is 0. The minimum atomic E-state index is 0.282. The van der Waals surface area contributed by atoms with Crippen molar-refractivity contribution in [2.24, 2.45) is 5.41 Å². The molecule has 0 aromatic carbocycles. The summed E-state index contributed by atoms with van der Waals surface area (Å²) in [6.07, 6.45) is 7.96. The Hall–Kier alpha value is -1.29. The van der Waals surface area contributed by atoms with Crippen LogP contribution in [0.15, 0.2) is 18.5 Å². The fraction of sp³-hybridized carbons (Fsp3) is 0.643. The molecule has 0 atom stereocenters. The molecule has 1 spiro atoms. The molecule has 4 heteroatoms. The molecule has 2 saturated heterocycles. The highest BCUT2D eigenvalue weighted by Crippen LogP contribution is 2.38. The first-order valence-corrected chi connectivity index (χ1v) is 6.88. The van der Waals surface area contributed by atoms with E-state index >= 15 is 0 Å². The summed E-state index contributed by atoms with van der Waals surface area (Å²) in [7, 11) is 0. The van der Waals surface area contributed by atoms with Crippen LogP contribution in [0.25, 0.3) is 0 Å². The molecule has 2 aliphatic heterocycles. The molecule has 0 radical (unpaired) electrons. The SMILES string of the molecule is O=C(Cc1cc[nH]c1)N1CCC2(CCNCC2)C1. The Morgan fingerprint density at radius 2 is 2.17 bits per heavy atom. The number of aromatic nitrogens is 1. The lowest BCUT2D eigenvalue weighted by atomic mass is 9.78. The summed E-state index contributed by atoms with van der Waals surface area (Å²) in [4.78, 5) is 17.3. The molecule has 2 fully saturated rings. The summed E-state index contributed by atoms with van der Waals surface area (Å²) in [6, 6.07) is 1.98. The number of likely N-dealkylation sites (tertiary alicyclic amines) is 1. The molecule has 1 aromatic heterocycles. The maximum atomic E-state index is 12.2. The van der Waals surface area contributed by atoms with Crippen LogP contribution in [0, 0.1) is 5.41 Å². The molecule has 2 N–H and O–H groups in total. The van der Waals surface area contributed by atoms with Gasteiger partial charge in [-0.1, -0.05) is 0 Å². The predicted molar refractivity (Wildman–Crippen MR) is 70.2 cm³/mol. The van der Waals surface area contributed by atoms with Gasteiger partial charge in [-0.15, -0.1) is 0 Å². The van der Waals surface area contributed by atoms with Gasteiger partial charge in [0, 0.05) is 25.5 Å². The topological polar surface area (TPSA) is 48.1 Å². The highest BCUT2D eigenvalue weighted by atomic mass is 16.2. The predicted octanol–water partition coefficient (Wildman–Crippen LogP) is 1.16. The van der Waals surface area contributed by atoms with Crippen molar-refractivity contribution >= 4 is 5.91 Å². The monoisotopic (exact) mass is 247 g/mol. The summed E-state index contributed by atoms with van der Waals surface area (Å²) < 4.78 is 0. The molecule has 98 valence electrons. The van der Waals surface area contributed by atoms with Crippen LogP contribution in [0.3, 0.4) is 0 Å². The van der Waals surface area contributed by atoms with Crippen LogP contribution in [0.2, 0.25) is 0 Å². The largest absolute Gasteiger partial charge is 0.367 e. The van der Waals surface area contributed by atoms with Gasteiger partial charge >= 0.3 is 0 Å². The number of hydrogen-bond acceptors (Lipinski definition) is 2. The van der Waals surface area contributed by atoms with E-state index in [2.05, 4.69) is 15.2 Å². The fourth-order valence-corrected chi connectivity index (χ4v) is 3.27. The van der Waals surface area contributed by atoms with Crippen molar-refractivity contribution in [3.8, 4) is 0 Å². The standard InChI is InChI=1S/C14H21N3O/c18-13(9-12-1-5-16-10-12)17-8-4-14(11-17)2-6-15-7-3-14/h1,5,10,15-16H,2-4,6-9,11H2. The van der Waals surface area contributed by atoms with Gasteiger partial charge in [-0.2, -0.15) is 0 Å². The van der Waals surface area contributed by atoms with Gasteiger partial charge in [-0.3, -0.25) is 4.79 Å². The molecule has 1 amide bonds. The molecule has 0 bridgehead atoms. The maximum Gasteiger partial charge on any atom is 0.227 e. The molecule has 0 saturated carbocycles. The van der Waals surface area contributed by atoms with Gasteiger partial charge in [0.1, 0.15) is 0 Å². The molecule has 0 unspecified atom stereocenters. The second-order valence-electron chi connectivity index (χ2n) is 5.71. The Kier molecular flexibility index (Phi) is 3.12. The van der Waals surface area contributed by atoms with Crippen molar-refractivity contribution in [3.63, 3.8) is 0 Å². The van der Waals surface area contributed by atoms with Crippen LogP contribution < -0.4 is 5.32 Å². The van der Waals surface area contributed by atoms with Gasteiger partial charge < -0.3 is 15.2 Å². The van der Waals surface area contributed by atoms with Crippen LogP contribution in [0.1, 0.15) is 24.8 Å². The Morgan fingerprint density at radius 3 is 2.89 bits per heavy atom. The normalized spacial score (nSPS) is 22.6. The lowest BCUT2D eigenvalue weighted by Crippen LogP contribution is -2.40. The molecular weight excluding hydrogens is 226 g/mol. The quantitative estimate of drug-likeness (QED) is 0.824. The summed E-state index contributed by atoms with van der Waals surface area (Å²) in [5.74, 6) is 0.282. The highest BCUT2D eigenvalue weighted by molar-refractivity contribution is 5.79. The molecule has 1 aromatic rings. The van der Waals surface area contributed by atoms with Crippen molar-refractivity contribution in [1.82, 2.24) is 15.2 Å². The number of aromatic amines is 1. The fourth-order valence-electron chi connectivity index (χ4n) is 3.27. The molecule has 2 aliphatic rings. The van der Waals surface area contributed by atoms with Gasteiger partial charge in [-0.25, -0.2) is 0 Å². The number of hydrogen-bond donors (Lipinski definition) is 2. The average molecular weight is 247 g/mol. The smallest absolute Gasteiger partial charge is 0.227 e. The number of carbonyl (C=O) groups is 1. The van der Waals surface area contributed by atoms with Gasteiger partial charge in [0.2, 0.25) is 5.91 Å². The van der Waals surface area contributed by atoms with E-state index in [0.29, 0.717) is 11.8 Å². The lowest BCUT2D eigenvalue weighted by molar-refractivity contribution is -0.129. The zero-order valence-corrected chi connectivity index (χ0v) is 10.7. The number of H-pyrrole nitrogens is 1. The van der Waals surface area contributed by atoms with E-state index < -0.39 is 0 Å². The molecule has 0 aliphatic carbocycles. The Balaban J connectivity index is 1.59. The van der Waals surface area contributed by atoms with E-state index in [4.69, 9.17) is 0 Å². The molecule has 3 heterocycles. The third-order valence-electron chi connectivity index (χ3n) is 4.47. The van der Waals surface area contributed by atoms with E-state index in [9.17, 15) is 4.79 Å². The zero-order valence-electron chi connectivity index (χ0n) is 10.7. The van der Waals surface area contributed by atoms with Crippen LogP contribution in [0.4, 0.5) is 0 Å². The number of amides is 1. The first-order chi connectivity index (χ1) is 8.77. The number of piperidine rings is 1. The van der Waals surface area contributed by atoms with Crippen LogP contribution in [0.5, 0.6) is 0 Å². The molecule has 4 nitrogen and oxygen atoms in total. The molecular formula is C14H21N3O. The summed E-state index contributed by atoms with van der Waals surface area (Å²) in [5.41, 5.74) is 1.50. The van der Waals surface area contributed by atoms with Gasteiger partial charge in [-0.05, 0) is 49.4 Å².